The molecular weight excluding hydrogens is 338 g/mol. The van der Waals surface area contributed by atoms with Crippen LogP contribution in [0.5, 0.6) is 0 Å². The summed E-state index contributed by atoms with van der Waals surface area (Å²) < 4.78 is 7.10. The molecule has 0 fully saturated rings. The van der Waals surface area contributed by atoms with E-state index in [1.807, 2.05) is 25.6 Å². The monoisotopic (exact) mass is 357 g/mol. The molecule has 0 spiro atoms. The van der Waals surface area contributed by atoms with E-state index in [1.54, 1.807) is 0 Å². The number of rotatable bonds is 6. The molecule has 0 saturated heterocycles. The van der Waals surface area contributed by atoms with E-state index in [2.05, 4.69) is 42.9 Å². The Balaban J connectivity index is 2.26. The lowest BCUT2D eigenvalue weighted by Gasteiger charge is -2.17. The molecule has 0 aliphatic rings. The highest BCUT2D eigenvalue weighted by Crippen LogP contribution is 2.28. The largest absolute Gasteiger partial charge is 0.309 e. The van der Waals surface area contributed by atoms with Crippen LogP contribution in [-0.2, 0) is 13.5 Å². The molecule has 1 unspecified atom stereocenters. The SMILES string of the molecule is CCCNC(Cc1c(Br)c(C)nn1C)c1snnc1C. The molecule has 0 aliphatic carbocycles. The van der Waals surface area contributed by atoms with Crippen LogP contribution in [0.1, 0.15) is 41.3 Å². The maximum Gasteiger partial charge on any atom is 0.0772 e. The summed E-state index contributed by atoms with van der Waals surface area (Å²) in [4.78, 5) is 1.21. The molecule has 1 N–H and O–H groups in total. The third-order valence-corrected chi connectivity index (χ3v) is 5.27. The quantitative estimate of drug-likeness (QED) is 0.863. The Morgan fingerprint density at radius 1 is 1.35 bits per heavy atom. The van der Waals surface area contributed by atoms with Gasteiger partial charge in [0.1, 0.15) is 0 Å². The molecule has 1 atom stereocenters. The van der Waals surface area contributed by atoms with E-state index < -0.39 is 0 Å². The van der Waals surface area contributed by atoms with E-state index in [4.69, 9.17) is 0 Å². The maximum absolute atomic E-state index is 4.46. The van der Waals surface area contributed by atoms with Crippen LogP contribution in [-0.4, -0.2) is 25.9 Å². The highest BCUT2D eigenvalue weighted by molar-refractivity contribution is 9.10. The lowest BCUT2D eigenvalue weighted by atomic mass is 10.1. The fourth-order valence-electron chi connectivity index (χ4n) is 2.23. The van der Waals surface area contributed by atoms with Crippen LogP contribution in [0.25, 0.3) is 0 Å². The lowest BCUT2D eigenvalue weighted by molar-refractivity contribution is 0.515. The van der Waals surface area contributed by atoms with Crippen molar-refractivity contribution in [3.63, 3.8) is 0 Å². The molecule has 2 aromatic rings. The summed E-state index contributed by atoms with van der Waals surface area (Å²) >= 11 is 5.12. The standard InChI is InChI=1S/C13H20BrN5S/c1-5-6-15-10(13-9(3)16-18-20-13)7-11-12(14)8(2)17-19(11)4/h10,15H,5-7H2,1-4H3. The topological polar surface area (TPSA) is 55.6 Å². The summed E-state index contributed by atoms with van der Waals surface area (Å²) in [6, 6.07) is 0.237. The minimum absolute atomic E-state index is 0.237. The third-order valence-electron chi connectivity index (χ3n) is 3.30. The second kappa shape index (κ2) is 6.78. The van der Waals surface area contributed by atoms with Crippen molar-refractivity contribution in [2.24, 2.45) is 7.05 Å². The van der Waals surface area contributed by atoms with Crippen molar-refractivity contribution in [2.75, 3.05) is 6.54 Å². The van der Waals surface area contributed by atoms with Gasteiger partial charge in [0.2, 0.25) is 0 Å². The maximum atomic E-state index is 4.46. The van der Waals surface area contributed by atoms with Crippen LogP contribution in [0.15, 0.2) is 4.47 Å². The average molecular weight is 358 g/mol. The Kier molecular flexibility index (Phi) is 5.29. The van der Waals surface area contributed by atoms with Gasteiger partial charge in [-0.25, -0.2) is 0 Å². The molecule has 2 aromatic heterocycles. The van der Waals surface area contributed by atoms with E-state index in [-0.39, 0.29) is 6.04 Å². The number of nitrogens with zero attached hydrogens (tertiary/aromatic N) is 4. The van der Waals surface area contributed by atoms with Crippen LogP contribution < -0.4 is 5.32 Å². The summed E-state index contributed by atoms with van der Waals surface area (Å²) in [5.41, 5.74) is 3.23. The Hall–Kier alpha value is -0.790. The van der Waals surface area contributed by atoms with Crippen molar-refractivity contribution in [3.05, 3.63) is 26.4 Å². The highest BCUT2D eigenvalue weighted by Gasteiger charge is 2.21. The Morgan fingerprint density at radius 3 is 2.60 bits per heavy atom. The molecule has 2 rings (SSSR count). The highest BCUT2D eigenvalue weighted by atomic mass is 79.9. The minimum Gasteiger partial charge on any atom is -0.309 e. The average Bonchev–Trinajstić information content (AvgIpc) is 2.93. The van der Waals surface area contributed by atoms with Crippen molar-refractivity contribution >= 4 is 27.5 Å². The number of halogens is 1. The van der Waals surface area contributed by atoms with Gasteiger partial charge in [0.15, 0.2) is 0 Å². The second-order valence-corrected chi connectivity index (χ2v) is 6.48. The molecule has 0 aliphatic heterocycles. The lowest BCUT2D eigenvalue weighted by Crippen LogP contribution is -2.25. The van der Waals surface area contributed by atoms with E-state index in [0.29, 0.717) is 0 Å². The van der Waals surface area contributed by atoms with Crippen LogP contribution in [0.4, 0.5) is 0 Å². The van der Waals surface area contributed by atoms with Gasteiger partial charge in [0.05, 0.1) is 32.5 Å². The molecule has 20 heavy (non-hydrogen) atoms. The van der Waals surface area contributed by atoms with Gasteiger partial charge in [-0.3, -0.25) is 4.68 Å². The number of hydrogen-bond acceptors (Lipinski definition) is 5. The summed E-state index contributed by atoms with van der Waals surface area (Å²) in [6.45, 7) is 7.19. The molecule has 5 nitrogen and oxygen atoms in total. The van der Waals surface area contributed by atoms with Crippen LogP contribution in [0.3, 0.4) is 0 Å². The van der Waals surface area contributed by atoms with Gasteiger partial charge in [0, 0.05) is 13.5 Å². The van der Waals surface area contributed by atoms with Crippen molar-refractivity contribution < 1.29 is 0 Å². The zero-order chi connectivity index (χ0) is 14.7. The first-order chi connectivity index (χ1) is 9.54. The molecular formula is C13H20BrN5S. The summed E-state index contributed by atoms with van der Waals surface area (Å²) in [5, 5.41) is 12.2. The normalized spacial score (nSPS) is 12.8. The molecule has 0 radical (unpaired) electrons. The van der Waals surface area contributed by atoms with Crippen molar-refractivity contribution in [1.82, 2.24) is 24.7 Å². The first-order valence-electron chi connectivity index (χ1n) is 6.74. The second-order valence-electron chi connectivity index (χ2n) is 4.90. The molecule has 7 heteroatoms. The number of nitrogens with one attached hydrogen (secondary N) is 1. The Morgan fingerprint density at radius 2 is 2.10 bits per heavy atom. The predicted molar refractivity (Wildman–Crippen MR) is 85.0 cm³/mol. The van der Waals surface area contributed by atoms with Gasteiger partial charge in [-0.2, -0.15) is 5.10 Å². The van der Waals surface area contributed by atoms with Crippen molar-refractivity contribution in [3.8, 4) is 0 Å². The van der Waals surface area contributed by atoms with E-state index >= 15 is 0 Å². The number of aryl methyl sites for hydroxylation is 3. The summed E-state index contributed by atoms with van der Waals surface area (Å²) in [5.74, 6) is 0. The van der Waals surface area contributed by atoms with E-state index in [9.17, 15) is 0 Å². The van der Waals surface area contributed by atoms with Crippen molar-refractivity contribution in [2.45, 2.75) is 39.7 Å². The van der Waals surface area contributed by atoms with Gasteiger partial charge in [-0.1, -0.05) is 11.4 Å². The van der Waals surface area contributed by atoms with Gasteiger partial charge in [-0.15, -0.1) is 5.10 Å². The molecule has 0 bridgehead atoms. The Bertz CT molecular complexity index is 577. The van der Waals surface area contributed by atoms with Gasteiger partial charge < -0.3 is 5.32 Å². The Labute approximate surface area is 132 Å². The fourth-order valence-corrected chi connectivity index (χ4v) is 3.44. The predicted octanol–water partition coefficient (Wildman–Crippen LogP) is 2.93. The fraction of sp³-hybridized carbons (Fsp3) is 0.615. The minimum atomic E-state index is 0.237. The molecule has 0 amide bonds. The molecule has 2 heterocycles. The van der Waals surface area contributed by atoms with Crippen LogP contribution in [0.2, 0.25) is 0 Å². The van der Waals surface area contributed by atoms with E-state index in [1.165, 1.54) is 22.1 Å². The summed E-state index contributed by atoms with van der Waals surface area (Å²) in [7, 11) is 1.99. The molecule has 110 valence electrons. The zero-order valence-electron chi connectivity index (χ0n) is 12.3. The van der Waals surface area contributed by atoms with Gasteiger partial charge in [-0.05, 0) is 54.3 Å². The van der Waals surface area contributed by atoms with Crippen molar-refractivity contribution in [1.29, 1.82) is 0 Å². The molecule has 0 saturated carbocycles. The van der Waals surface area contributed by atoms with Gasteiger partial charge in [0.25, 0.3) is 0 Å². The molecule has 0 aromatic carbocycles. The third kappa shape index (κ3) is 3.27. The van der Waals surface area contributed by atoms with Gasteiger partial charge >= 0.3 is 0 Å². The van der Waals surface area contributed by atoms with Crippen LogP contribution in [0, 0.1) is 13.8 Å². The first-order valence-corrected chi connectivity index (χ1v) is 8.31. The number of hydrogen-bond donors (Lipinski definition) is 1. The number of aromatic nitrogens is 4. The summed E-state index contributed by atoms with van der Waals surface area (Å²) in [6.07, 6.45) is 1.98. The zero-order valence-corrected chi connectivity index (χ0v) is 14.7. The smallest absolute Gasteiger partial charge is 0.0772 e. The first kappa shape index (κ1) is 15.6. The van der Waals surface area contributed by atoms with E-state index in [0.717, 1.165) is 35.2 Å². The van der Waals surface area contributed by atoms with Crippen LogP contribution >= 0.6 is 27.5 Å².